The molecule has 7 heterocycles. The standard InChI is InChI=1S/C47H54N10O4/c1-29-22-31(12-13-36(29)32-6-4-17-54(26-32)41-24-40(51-52-44(41)48)37-8-2-3-9-42(37)58)46(60)55-18-5-7-34(27-55)53-19-14-33(15-20-53)57-28-39(30-10-11-30)38-23-35(25-49-45(38)57)56-21-16-43(59)50-47(56)61/h2-3,8-9,12-13,22-25,28,30,32-34,58H,4-7,10-11,14-21,26-27H2,1H3,(H2,48,52)(H,50,59,61)/t32-,34-/m0/s1. The lowest BCUT2D eigenvalue weighted by Crippen LogP contribution is -2.51. The summed E-state index contributed by atoms with van der Waals surface area (Å²) in [6, 6.07) is 17.7. The summed E-state index contributed by atoms with van der Waals surface area (Å²) in [4.78, 5) is 52.0. The van der Waals surface area contributed by atoms with Crippen LogP contribution >= 0.6 is 0 Å². The topological polar surface area (TPSA) is 166 Å². The Morgan fingerprint density at radius 3 is 2.44 bits per heavy atom. The number of nitrogen functional groups attached to an aromatic ring is 1. The number of urea groups is 1. The summed E-state index contributed by atoms with van der Waals surface area (Å²) in [6.45, 7) is 7.57. The molecule has 4 saturated heterocycles. The van der Waals surface area contributed by atoms with Crippen molar-refractivity contribution in [1.29, 1.82) is 0 Å². The number of rotatable bonds is 8. The van der Waals surface area contributed by atoms with Crippen LogP contribution in [0.1, 0.15) is 103 Å². The zero-order valence-corrected chi connectivity index (χ0v) is 34.8. The van der Waals surface area contributed by atoms with Crippen LogP contribution in [0.5, 0.6) is 5.75 Å². The first-order valence-electron chi connectivity index (χ1n) is 22.1. The second-order valence-corrected chi connectivity index (χ2v) is 17.8. The molecule has 0 radical (unpaired) electrons. The van der Waals surface area contributed by atoms with E-state index in [0.717, 1.165) is 111 Å². The molecular formula is C47H54N10O4. The molecule has 3 aromatic heterocycles. The highest BCUT2D eigenvalue weighted by Crippen LogP contribution is 2.46. The fourth-order valence-electron chi connectivity index (χ4n) is 10.4. The number of piperidine rings is 3. The lowest BCUT2D eigenvalue weighted by molar-refractivity contribution is -0.120. The summed E-state index contributed by atoms with van der Waals surface area (Å²) in [5.41, 5.74) is 14.6. The molecule has 316 valence electrons. The number of benzene rings is 2. The molecule has 5 aliphatic rings. The lowest BCUT2D eigenvalue weighted by atomic mass is 9.86. The van der Waals surface area contributed by atoms with Crippen molar-refractivity contribution in [1.82, 2.24) is 34.9 Å². The average Bonchev–Trinajstić information content (AvgIpc) is 4.06. The number of imide groups is 1. The van der Waals surface area contributed by atoms with Crippen molar-refractivity contribution in [3.8, 4) is 17.0 Å². The van der Waals surface area contributed by atoms with Gasteiger partial charge < -0.3 is 25.2 Å². The zero-order valence-electron chi connectivity index (χ0n) is 34.8. The number of hydrogen-bond donors (Lipinski definition) is 3. The molecule has 0 unspecified atom stereocenters. The number of anilines is 3. The lowest BCUT2D eigenvalue weighted by Gasteiger charge is -2.42. The molecule has 5 aromatic rings. The number of phenolic OH excluding ortho intramolecular Hbond substituents is 1. The normalized spacial score (nSPS) is 21.9. The van der Waals surface area contributed by atoms with Gasteiger partial charge in [-0.1, -0.05) is 18.2 Å². The van der Waals surface area contributed by atoms with Gasteiger partial charge in [0.05, 0.1) is 23.3 Å². The molecular weight excluding hydrogens is 769 g/mol. The number of nitrogens with two attached hydrogens (primary N) is 1. The van der Waals surface area contributed by atoms with Crippen LogP contribution in [0.2, 0.25) is 0 Å². The number of aryl methyl sites for hydroxylation is 1. The van der Waals surface area contributed by atoms with Crippen molar-refractivity contribution in [2.75, 3.05) is 61.3 Å². The quantitative estimate of drug-likeness (QED) is 0.153. The molecule has 1 aliphatic carbocycles. The molecule has 1 saturated carbocycles. The largest absolute Gasteiger partial charge is 0.507 e. The molecule has 4 N–H and O–H groups in total. The summed E-state index contributed by atoms with van der Waals surface area (Å²) >= 11 is 0. The smallest absolute Gasteiger partial charge is 0.328 e. The van der Waals surface area contributed by atoms with Gasteiger partial charge in [0.25, 0.3) is 5.91 Å². The zero-order chi connectivity index (χ0) is 41.8. The molecule has 2 aromatic carbocycles. The Balaban J connectivity index is 0.780. The Morgan fingerprint density at radius 1 is 0.836 bits per heavy atom. The minimum Gasteiger partial charge on any atom is -0.507 e. The Bertz CT molecular complexity index is 2510. The third-order valence-electron chi connectivity index (χ3n) is 13.9. The summed E-state index contributed by atoms with van der Waals surface area (Å²) in [6.07, 6.45) is 12.9. The number of phenols is 1. The second kappa shape index (κ2) is 16.1. The van der Waals surface area contributed by atoms with Gasteiger partial charge in [0.2, 0.25) is 5.91 Å². The van der Waals surface area contributed by atoms with E-state index in [2.05, 4.69) is 66.1 Å². The van der Waals surface area contributed by atoms with E-state index in [0.29, 0.717) is 41.6 Å². The molecule has 14 heteroatoms. The van der Waals surface area contributed by atoms with Crippen molar-refractivity contribution in [3.05, 3.63) is 89.2 Å². The predicted octanol–water partition coefficient (Wildman–Crippen LogP) is 6.74. The van der Waals surface area contributed by atoms with E-state index in [4.69, 9.17) is 10.7 Å². The summed E-state index contributed by atoms with van der Waals surface area (Å²) in [5.74, 6) is 1.20. The molecule has 2 atom stereocenters. The van der Waals surface area contributed by atoms with E-state index >= 15 is 0 Å². The fraction of sp³-hybridized carbons (Fsp3) is 0.447. The third kappa shape index (κ3) is 7.66. The summed E-state index contributed by atoms with van der Waals surface area (Å²) < 4.78 is 2.39. The van der Waals surface area contributed by atoms with Gasteiger partial charge in [0.15, 0.2) is 5.82 Å². The number of hydrogen-bond acceptors (Lipinski definition) is 10. The van der Waals surface area contributed by atoms with Crippen LogP contribution < -0.4 is 20.9 Å². The number of amides is 4. The first-order chi connectivity index (χ1) is 29.7. The Labute approximate surface area is 355 Å². The predicted molar refractivity (Wildman–Crippen MR) is 235 cm³/mol. The van der Waals surface area contributed by atoms with Gasteiger partial charge in [-0.15, -0.1) is 10.2 Å². The highest BCUT2D eigenvalue weighted by Gasteiger charge is 2.35. The van der Waals surface area contributed by atoms with Crippen LogP contribution in [0.4, 0.5) is 22.0 Å². The number of para-hydroxylation sites is 1. The minimum atomic E-state index is -0.384. The van der Waals surface area contributed by atoms with Gasteiger partial charge in [-0.25, -0.2) is 9.78 Å². The van der Waals surface area contributed by atoms with Crippen LogP contribution in [-0.4, -0.2) is 104 Å². The van der Waals surface area contributed by atoms with Crippen LogP contribution in [0, 0.1) is 6.92 Å². The Hall–Kier alpha value is -6.02. The van der Waals surface area contributed by atoms with Gasteiger partial charge in [0, 0.05) is 92.9 Å². The maximum atomic E-state index is 14.1. The van der Waals surface area contributed by atoms with Crippen molar-refractivity contribution in [2.24, 2.45) is 0 Å². The molecule has 0 spiro atoms. The molecule has 4 aliphatic heterocycles. The Kier molecular flexibility index (Phi) is 10.3. The molecule has 14 nitrogen and oxygen atoms in total. The SMILES string of the molecule is Cc1cc(C(=O)N2CCC[C@H](N3CCC(n4cc(C5CC5)c5cc(N6CCC(=O)NC6=O)cnc54)CC3)C2)ccc1[C@H]1CCCN(c2cc(-c3ccccc3O)nnc2N)C1. The van der Waals surface area contributed by atoms with E-state index in [9.17, 15) is 19.5 Å². The van der Waals surface area contributed by atoms with E-state index in [1.807, 2.05) is 24.3 Å². The van der Waals surface area contributed by atoms with Gasteiger partial charge in [-0.05, 0) is 117 Å². The van der Waals surface area contributed by atoms with Crippen molar-refractivity contribution in [2.45, 2.75) is 88.6 Å². The Morgan fingerprint density at radius 2 is 1.66 bits per heavy atom. The first-order valence-corrected chi connectivity index (χ1v) is 22.1. The molecule has 61 heavy (non-hydrogen) atoms. The van der Waals surface area contributed by atoms with Crippen molar-refractivity contribution >= 4 is 46.1 Å². The molecule has 0 bridgehead atoms. The molecule has 5 fully saturated rings. The molecule has 4 amide bonds. The number of nitrogens with one attached hydrogen (secondary N) is 1. The minimum absolute atomic E-state index is 0.109. The monoisotopic (exact) mass is 822 g/mol. The third-order valence-corrected chi connectivity index (χ3v) is 13.9. The van der Waals surface area contributed by atoms with Crippen molar-refractivity contribution < 1.29 is 19.5 Å². The average molecular weight is 823 g/mol. The maximum absolute atomic E-state index is 14.1. The highest BCUT2D eigenvalue weighted by molar-refractivity contribution is 6.06. The molecule has 10 rings (SSSR count). The van der Waals surface area contributed by atoms with Gasteiger partial charge >= 0.3 is 6.03 Å². The number of aromatic hydroxyl groups is 1. The van der Waals surface area contributed by atoms with Crippen molar-refractivity contribution in [3.63, 3.8) is 0 Å². The second-order valence-electron chi connectivity index (χ2n) is 17.8. The van der Waals surface area contributed by atoms with Crippen LogP contribution in [0.25, 0.3) is 22.3 Å². The number of nitrogens with zero attached hydrogens (tertiary/aromatic N) is 8. The summed E-state index contributed by atoms with van der Waals surface area (Å²) in [5, 5.41) is 22.5. The van der Waals surface area contributed by atoms with Gasteiger partial charge in [0.1, 0.15) is 11.4 Å². The van der Waals surface area contributed by atoms with E-state index < -0.39 is 0 Å². The van der Waals surface area contributed by atoms with Gasteiger partial charge in [-0.2, -0.15) is 0 Å². The number of aromatic nitrogens is 4. The number of carbonyl (C=O) groups is 3. The van der Waals surface area contributed by atoms with E-state index in [1.54, 1.807) is 23.2 Å². The number of likely N-dealkylation sites (tertiary alicyclic amines) is 2. The van der Waals surface area contributed by atoms with Crippen LogP contribution in [0.3, 0.4) is 0 Å². The van der Waals surface area contributed by atoms with E-state index in [-0.39, 0.29) is 35.9 Å². The number of fused-ring (bicyclic) bond motifs is 1. The fourth-order valence-corrected chi connectivity index (χ4v) is 10.4. The van der Waals surface area contributed by atoms with Crippen LogP contribution in [0.15, 0.2) is 67.0 Å². The van der Waals surface area contributed by atoms with E-state index in [1.165, 1.54) is 24.0 Å². The van der Waals surface area contributed by atoms with Crippen LogP contribution in [-0.2, 0) is 4.79 Å². The van der Waals surface area contributed by atoms with Gasteiger partial charge in [-0.3, -0.25) is 24.7 Å². The number of carbonyl (C=O) groups excluding carboxylic acids is 3. The first kappa shape index (κ1) is 39.1. The number of pyridine rings is 1. The highest BCUT2D eigenvalue weighted by atomic mass is 16.3. The maximum Gasteiger partial charge on any atom is 0.328 e. The summed E-state index contributed by atoms with van der Waals surface area (Å²) in [7, 11) is 0.